The molecule has 192 valence electrons. The zero-order valence-electron chi connectivity index (χ0n) is 21.0. The number of anilines is 1. The van der Waals surface area contributed by atoms with Gasteiger partial charge in [-0.05, 0) is 55.2 Å². The van der Waals surface area contributed by atoms with Crippen molar-refractivity contribution < 1.29 is 22.7 Å². The molecule has 8 nitrogen and oxygen atoms in total. The van der Waals surface area contributed by atoms with Gasteiger partial charge in [-0.15, -0.1) is 0 Å². The number of benzene rings is 2. The molecule has 0 radical (unpaired) electrons. The van der Waals surface area contributed by atoms with E-state index in [-0.39, 0.29) is 18.4 Å². The van der Waals surface area contributed by atoms with Crippen LogP contribution in [0.5, 0.6) is 5.75 Å². The van der Waals surface area contributed by atoms with Gasteiger partial charge in [-0.1, -0.05) is 43.6 Å². The number of nitrogens with one attached hydrogen (secondary N) is 1. The predicted octanol–water partition coefficient (Wildman–Crippen LogP) is 3.61. The van der Waals surface area contributed by atoms with Crippen LogP contribution in [0.4, 0.5) is 5.69 Å². The first kappa shape index (κ1) is 28.5. The molecule has 0 unspecified atom stereocenters. The average Bonchev–Trinajstić information content (AvgIpc) is 2.79. The summed E-state index contributed by atoms with van der Waals surface area (Å²) in [4.78, 5) is 27.8. The molecular formula is C25H34ClN3O5S. The molecule has 2 rings (SSSR count). The first-order valence-corrected chi connectivity index (χ1v) is 13.5. The van der Waals surface area contributed by atoms with E-state index in [1.165, 1.54) is 11.0 Å². The molecule has 0 fully saturated rings. The van der Waals surface area contributed by atoms with Crippen molar-refractivity contribution in [3.63, 3.8) is 0 Å². The number of aryl methyl sites for hydroxylation is 1. The summed E-state index contributed by atoms with van der Waals surface area (Å²) in [6.45, 7) is 7.39. The minimum absolute atomic E-state index is 0.0957. The van der Waals surface area contributed by atoms with Crippen LogP contribution in [0.15, 0.2) is 42.5 Å². The number of hydrogen-bond acceptors (Lipinski definition) is 5. The molecule has 0 aliphatic heterocycles. The number of carbonyl (C=O) groups is 2. The van der Waals surface area contributed by atoms with Crippen LogP contribution in [0.25, 0.3) is 0 Å². The van der Waals surface area contributed by atoms with Crippen molar-refractivity contribution in [3.8, 4) is 5.75 Å². The molecule has 35 heavy (non-hydrogen) atoms. The zero-order valence-corrected chi connectivity index (χ0v) is 22.6. The number of amides is 2. The summed E-state index contributed by atoms with van der Waals surface area (Å²) in [5.74, 6) is 0.00366. The second kappa shape index (κ2) is 12.3. The minimum atomic E-state index is -3.83. The van der Waals surface area contributed by atoms with Gasteiger partial charge in [-0.2, -0.15) is 0 Å². The lowest BCUT2D eigenvalue weighted by molar-refractivity contribution is -0.139. The van der Waals surface area contributed by atoms with Crippen molar-refractivity contribution in [1.29, 1.82) is 0 Å². The van der Waals surface area contributed by atoms with Gasteiger partial charge < -0.3 is 15.0 Å². The molecule has 1 N–H and O–H groups in total. The van der Waals surface area contributed by atoms with E-state index < -0.39 is 28.5 Å². The van der Waals surface area contributed by atoms with Gasteiger partial charge >= 0.3 is 0 Å². The van der Waals surface area contributed by atoms with Crippen LogP contribution < -0.4 is 14.4 Å². The van der Waals surface area contributed by atoms with Crippen LogP contribution in [-0.2, 0) is 26.2 Å². The number of hydrogen-bond donors (Lipinski definition) is 1. The van der Waals surface area contributed by atoms with E-state index in [0.717, 1.165) is 16.1 Å². The highest BCUT2D eigenvalue weighted by Gasteiger charge is 2.30. The molecule has 10 heteroatoms. The molecule has 0 heterocycles. The molecule has 0 aromatic heterocycles. The summed E-state index contributed by atoms with van der Waals surface area (Å²) < 4.78 is 31.7. The Labute approximate surface area is 213 Å². The van der Waals surface area contributed by atoms with Crippen LogP contribution in [0, 0.1) is 12.8 Å². The van der Waals surface area contributed by atoms with E-state index >= 15 is 0 Å². The quantitative estimate of drug-likeness (QED) is 0.485. The first-order valence-electron chi connectivity index (χ1n) is 11.3. The van der Waals surface area contributed by atoms with Crippen LogP contribution in [-0.4, -0.2) is 57.6 Å². The smallest absolute Gasteiger partial charge is 0.244 e. The van der Waals surface area contributed by atoms with Gasteiger partial charge in [0.25, 0.3) is 0 Å². The lowest BCUT2D eigenvalue weighted by atomic mass is 10.1. The van der Waals surface area contributed by atoms with Crippen molar-refractivity contribution in [2.24, 2.45) is 5.92 Å². The van der Waals surface area contributed by atoms with Crippen LogP contribution in [0.1, 0.15) is 31.9 Å². The van der Waals surface area contributed by atoms with Crippen LogP contribution in [0.2, 0.25) is 5.02 Å². The van der Waals surface area contributed by atoms with Gasteiger partial charge in [0.1, 0.15) is 18.3 Å². The van der Waals surface area contributed by atoms with Crippen molar-refractivity contribution in [3.05, 3.63) is 58.6 Å². The second-order valence-corrected chi connectivity index (χ2v) is 11.2. The standard InChI is InChI=1S/C25H34ClN3O5S/c1-17(2)14-27-25(31)19(4)28(15-20-8-7-9-22(12-20)34-5)24(30)16-29(35(6,32)33)23-13-21(26)11-10-18(23)3/h7-13,17,19H,14-16H2,1-6H3,(H,27,31)/t19-/m0/s1. The highest BCUT2D eigenvalue weighted by molar-refractivity contribution is 7.92. The zero-order chi connectivity index (χ0) is 26.3. The number of methoxy groups -OCH3 is 1. The third-order valence-corrected chi connectivity index (χ3v) is 6.82. The van der Waals surface area contributed by atoms with Gasteiger partial charge in [0, 0.05) is 18.1 Å². The van der Waals surface area contributed by atoms with E-state index in [1.54, 1.807) is 51.3 Å². The first-order chi connectivity index (χ1) is 16.3. The highest BCUT2D eigenvalue weighted by atomic mass is 35.5. The molecule has 0 spiro atoms. The van der Waals surface area contributed by atoms with Gasteiger partial charge in [0.2, 0.25) is 21.8 Å². The van der Waals surface area contributed by atoms with E-state index in [2.05, 4.69) is 5.32 Å². The highest BCUT2D eigenvalue weighted by Crippen LogP contribution is 2.27. The van der Waals surface area contributed by atoms with Gasteiger partial charge in [0.05, 0.1) is 19.1 Å². The molecule has 0 aliphatic carbocycles. The summed E-state index contributed by atoms with van der Waals surface area (Å²) in [5.41, 5.74) is 1.70. The summed E-state index contributed by atoms with van der Waals surface area (Å²) >= 11 is 6.12. The Bertz CT molecular complexity index is 1150. The normalized spacial score (nSPS) is 12.2. The van der Waals surface area contributed by atoms with Crippen molar-refractivity contribution in [2.75, 3.05) is 30.8 Å². The SMILES string of the molecule is COc1cccc(CN(C(=O)CN(c2cc(Cl)ccc2C)S(C)(=O)=O)[C@@H](C)C(=O)NCC(C)C)c1. The molecule has 2 aromatic rings. The average molecular weight is 524 g/mol. The molecule has 0 saturated heterocycles. The number of ether oxygens (including phenoxy) is 1. The Morgan fingerprint density at radius 3 is 2.40 bits per heavy atom. The lowest BCUT2D eigenvalue weighted by Gasteiger charge is -2.32. The van der Waals surface area contributed by atoms with Crippen molar-refractivity contribution >= 4 is 39.1 Å². The maximum absolute atomic E-state index is 13.6. The monoisotopic (exact) mass is 523 g/mol. The number of rotatable bonds is 11. The number of sulfonamides is 1. The van der Waals surface area contributed by atoms with E-state index in [1.807, 2.05) is 19.9 Å². The lowest BCUT2D eigenvalue weighted by Crippen LogP contribution is -2.51. The maximum atomic E-state index is 13.6. The fraction of sp³-hybridized carbons (Fsp3) is 0.440. The molecule has 0 bridgehead atoms. The topological polar surface area (TPSA) is 96.0 Å². The molecule has 0 aliphatic rings. The number of nitrogens with zero attached hydrogens (tertiary/aromatic N) is 2. The van der Waals surface area contributed by atoms with E-state index in [4.69, 9.17) is 16.3 Å². The Hall–Kier alpha value is -2.78. The van der Waals surface area contributed by atoms with Crippen molar-refractivity contribution in [1.82, 2.24) is 10.2 Å². The maximum Gasteiger partial charge on any atom is 0.244 e. The second-order valence-electron chi connectivity index (χ2n) is 8.89. The molecule has 2 aromatic carbocycles. The molecular weight excluding hydrogens is 490 g/mol. The summed E-state index contributed by atoms with van der Waals surface area (Å²) in [7, 11) is -2.29. The molecule has 1 atom stereocenters. The summed E-state index contributed by atoms with van der Waals surface area (Å²) in [6.07, 6.45) is 1.03. The van der Waals surface area contributed by atoms with Crippen LogP contribution in [0.3, 0.4) is 0 Å². The van der Waals surface area contributed by atoms with E-state index in [0.29, 0.717) is 28.6 Å². The Kier molecular flexibility index (Phi) is 9.97. The fourth-order valence-electron chi connectivity index (χ4n) is 3.45. The number of carbonyl (C=O) groups excluding carboxylic acids is 2. The van der Waals surface area contributed by atoms with Gasteiger partial charge in [-0.25, -0.2) is 8.42 Å². The third kappa shape index (κ3) is 8.14. The van der Waals surface area contributed by atoms with E-state index in [9.17, 15) is 18.0 Å². The Morgan fingerprint density at radius 1 is 1.11 bits per heavy atom. The van der Waals surface area contributed by atoms with Gasteiger partial charge in [0.15, 0.2) is 0 Å². The Morgan fingerprint density at radius 2 is 1.80 bits per heavy atom. The van der Waals surface area contributed by atoms with Gasteiger partial charge in [-0.3, -0.25) is 13.9 Å². The fourth-order valence-corrected chi connectivity index (χ4v) is 4.51. The summed E-state index contributed by atoms with van der Waals surface area (Å²) in [5, 5.41) is 3.20. The minimum Gasteiger partial charge on any atom is -0.497 e. The summed E-state index contributed by atoms with van der Waals surface area (Å²) in [6, 6.07) is 11.2. The van der Waals surface area contributed by atoms with Crippen molar-refractivity contribution in [2.45, 2.75) is 40.3 Å². The predicted molar refractivity (Wildman–Crippen MR) is 139 cm³/mol. The Balaban J connectivity index is 2.43. The largest absolute Gasteiger partial charge is 0.497 e. The number of halogens is 1. The van der Waals surface area contributed by atoms with Crippen LogP contribution >= 0.6 is 11.6 Å². The third-order valence-electron chi connectivity index (χ3n) is 5.46. The molecule has 2 amide bonds. The molecule has 0 saturated carbocycles.